The summed E-state index contributed by atoms with van der Waals surface area (Å²) in [6.45, 7) is 9.53. The smallest absolute Gasteiger partial charge is 0.239 e. The molecule has 1 aliphatic rings. The molecule has 0 unspecified atom stereocenters. The van der Waals surface area contributed by atoms with Crippen LogP contribution >= 0.6 is 0 Å². The molecule has 112 valence electrons. The normalized spacial score (nSPS) is 16.7. The van der Waals surface area contributed by atoms with Gasteiger partial charge in [-0.25, -0.2) is 0 Å². The minimum Gasteiger partial charge on any atom is -0.476 e. The van der Waals surface area contributed by atoms with Crippen molar-refractivity contribution in [2.45, 2.75) is 40.0 Å². The molecule has 1 aromatic rings. The molecule has 1 saturated heterocycles. The van der Waals surface area contributed by atoms with Crippen LogP contribution in [-0.4, -0.2) is 24.7 Å². The van der Waals surface area contributed by atoms with E-state index in [0.717, 1.165) is 37.2 Å². The fourth-order valence-corrected chi connectivity index (χ4v) is 2.73. The van der Waals surface area contributed by atoms with Crippen LogP contribution in [0.2, 0.25) is 0 Å². The predicted octanol–water partition coefficient (Wildman–Crippen LogP) is 3.33. The number of aromatic nitrogens is 1. The van der Waals surface area contributed by atoms with Crippen LogP contribution in [0.3, 0.4) is 0 Å². The van der Waals surface area contributed by atoms with E-state index in [1.165, 1.54) is 12.8 Å². The largest absolute Gasteiger partial charge is 0.476 e. The molecule has 1 fully saturated rings. The molecule has 0 bridgehead atoms. The van der Waals surface area contributed by atoms with Crippen molar-refractivity contribution in [2.75, 3.05) is 30.3 Å². The van der Waals surface area contributed by atoms with Crippen molar-refractivity contribution in [1.82, 2.24) is 4.98 Å². The highest BCUT2D eigenvalue weighted by Gasteiger charge is 2.22. The molecule has 0 saturated carbocycles. The van der Waals surface area contributed by atoms with E-state index in [1.54, 1.807) is 0 Å². The molecule has 1 aromatic heterocycles. The van der Waals surface area contributed by atoms with Gasteiger partial charge in [-0.05, 0) is 43.2 Å². The summed E-state index contributed by atoms with van der Waals surface area (Å²) < 4.78 is 5.61. The Hall–Kier alpha value is -1.45. The first-order valence-corrected chi connectivity index (χ1v) is 7.76. The topological polar surface area (TPSA) is 51.4 Å². The highest BCUT2D eigenvalue weighted by Crippen LogP contribution is 2.29. The molecule has 4 heteroatoms. The third-order valence-corrected chi connectivity index (χ3v) is 4.12. The van der Waals surface area contributed by atoms with Crippen molar-refractivity contribution in [3.8, 4) is 5.88 Å². The summed E-state index contributed by atoms with van der Waals surface area (Å²) in [6, 6.07) is 3.91. The second-order valence-electron chi connectivity index (χ2n) is 5.98. The molecule has 1 aliphatic heterocycles. The average Bonchev–Trinajstić information content (AvgIpc) is 2.46. The number of piperidine rings is 1. The van der Waals surface area contributed by atoms with E-state index in [0.29, 0.717) is 18.2 Å². The zero-order valence-electron chi connectivity index (χ0n) is 12.9. The first-order chi connectivity index (χ1) is 9.61. The Morgan fingerprint density at radius 2 is 2.05 bits per heavy atom. The Kier molecular flexibility index (Phi) is 5.10. The second kappa shape index (κ2) is 6.82. The number of hydrogen-bond acceptors (Lipinski definition) is 4. The van der Waals surface area contributed by atoms with Crippen LogP contribution in [0.4, 0.5) is 11.5 Å². The summed E-state index contributed by atoms with van der Waals surface area (Å²) in [7, 11) is 0. The Morgan fingerprint density at radius 1 is 1.35 bits per heavy atom. The molecule has 20 heavy (non-hydrogen) atoms. The third kappa shape index (κ3) is 3.56. The van der Waals surface area contributed by atoms with E-state index in [9.17, 15) is 0 Å². The molecule has 4 nitrogen and oxygen atoms in total. The van der Waals surface area contributed by atoms with Gasteiger partial charge in [0.25, 0.3) is 0 Å². The van der Waals surface area contributed by atoms with Crippen LogP contribution in [0.25, 0.3) is 0 Å². The van der Waals surface area contributed by atoms with Gasteiger partial charge in [0.2, 0.25) is 5.88 Å². The predicted molar refractivity (Wildman–Crippen MR) is 84.2 cm³/mol. The molecular weight excluding hydrogens is 250 g/mol. The van der Waals surface area contributed by atoms with Crippen molar-refractivity contribution < 1.29 is 4.74 Å². The summed E-state index contributed by atoms with van der Waals surface area (Å²) in [4.78, 5) is 6.93. The number of pyridine rings is 1. The molecule has 0 aromatic carbocycles. The van der Waals surface area contributed by atoms with Gasteiger partial charge in [0.05, 0.1) is 12.3 Å². The molecule has 2 heterocycles. The summed E-state index contributed by atoms with van der Waals surface area (Å²) >= 11 is 0. The fourth-order valence-electron chi connectivity index (χ4n) is 2.73. The minimum atomic E-state index is 0.579. The highest BCUT2D eigenvalue weighted by molar-refractivity contribution is 5.54. The number of nitrogen functional groups attached to an aromatic ring is 1. The lowest BCUT2D eigenvalue weighted by Gasteiger charge is -2.34. The van der Waals surface area contributed by atoms with Crippen LogP contribution in [0.5, 0.6) is 5.88 Å². The first-order valence-electron chi connectivity index (χ1n) is 7.76. The quantitative estimate of drug-likeness (QED) is 0.897. The molecule has 0 amide bonds. The number of ether oxygens (including phenoxy) is 1. The lowest BCUT2D eigenvalue weighted by atomic mass is 9.87. The van der Waals surface area contributed by atoms with Crippen LogP contribution in [0.1, 0.15) is 40.0 Å². The number of rotatable bonds is 5. The average molecular weight is 277 g/mol. The SMILES string of the molecule is CCCOc1nc(N2CCC(C(C)C)CC2)ccc1N. The van der Waals surface area contributed by atoms with Gasteiger partial charge in [-0.2, -0.15) is 4.98 Å². The van der Waals surface area contributed by atoms with Crippen LogP contribution in [0.15, 0.2) is 12.1 Å². The first kappa shape index (κ1) is 14.9. The van der Waals surface area contributed by atoms with Gasteiger partial charge in [0, 0.05) is 13.1 Å². The molecule has 0 atom stereocenters. The monoisotopic (exact) mass is 277 g/mol. The molecule has 0 radical (unpaired) electrons. The van der Waals surface area contributed by atoms with E-state index in [2.05, 4.69) is 30.7 Å². The maximum Gasteiger partial charge on any atom is 0.239 e. The molecule has 0 spiro atoms. The van der Waals surface area contributed by atoms with E-state index in [-0.39, 0.29) is 0 Å². The zero-order chi connectivity index (χ0) is 14.5. The third-order valence-electron chi connectivity index (χ3n) is 4.12. The van der Waals surface area contributed by atoms with E-state index < -0.39 is 0 Å². The van der Waals surface area contributed by atoms with Crippen molar-refractivity contribution in [3.63, 3.8) is 0 Å². The Bertz CT molecular complexity index is 426. The summed E-state index contributed by atoms with van der Waals surface area (Å²) in [5.41, 5.74) is 6.54. The maximum atomic E-state index is 5.92. The van der Waals surface area contributed by atoms with Gasteiger partial charge in [-0.15, -0.1) is 0 Å². The maximum absolute atomic E-state index is 5.92. The molecule has 0 aliphatic carbocycles. The van der Waals surface area contributed by atoms with Gasteiger partial charge in [-0.1, -0.05) is 20.8 Å². The number of nitrogens with two attached hydrogens (primary N) is 1. The Labute approximate surface area is 122 Å². The standard InChI is InChI=1S/C16H27N3O/c1-4-11-20-16-14(17)5-6-15(18-16)19-9-7-13(8-10-19)12(2)3/h5-6,12-13H,4,7-11,17H2,1-3H3. The summed E-state index contributed by atoms with van der Waals surface area (Å²) in [6.07, 6.45) is 3.45. The van der Waals surface area contributed by atoms with E-state index >= 15 is 0 Å². The molecule has 2 rings (SSSR count). The highest BCUT2D eigenvalue weighted by atomic mass is 16.5. The van der Waals surface area contributed by atoms with Crippen molar-refractivity contribution in [3.05, 3.63) is 12.1 Å². The lowest BCUT2D eigenvalue weighted by molar-refractivity contribution is 0.302. The van der Waals surface area contributed by atoms with Crippen LogP contribution < -0.4 is 15.4 Å². The molecular formula is C16H27N3O. The minimum absolute atomic E-state index is 0.579. The van der Waals surface area contributed by atoms with Crippen molar-refractivity contribution >= 4 is 11.5 Å². The van der Waals surface area contributed by atoms with Crippen molar-refractivity contribution in [2.24, 2.45) is 11.8 Å². The van der Waals surface area contributed by atoms with Gasteiger partial charge in [-0.3, -0.25) is 0 Å². The van der Waals surface area contributed by atoms with Crippen molar-refractivity contribution in [1.29, 1.82) is 0 Å². The van der Waals surface area contributed by atoms with E-state index in [4.69, 9.17) is 10.5 Å². The molecule has 2 N–H and O–H groups in total. The fraction of sp³-hybridized carbons (Fsp3) is 0.688. The summed E-state index contributed by atoms with van der Waals surface area (Å²) in [5, 5.41) is 0. The van der Waals surface area contributed by atoms with Gasteiger partial charge in [0.1, 0.15) is 5.82 Å². The lowest BCUT2D eigenvalue weighted by Crippen LogP contribution is -2.35. The number of nitrogens with zero attached hydrogens (tertiary/aromatic N) is 2. The van der Waals surface area contributed by atoms with Crippen LogP contribution in [0, 0.1) is 11.8 Å². The Morgan fingerprint density at radius 3 is 2.65 bits per heavy atom. The second-order valence-corrected chi connectivity index (χ2v) is 5.98. The number of anilines is 2. The summed E-state index contributed by atoms with van der Waals surface area (Å²) in [5.74, 6) is 3.19. The van der Waals surface area contributed by atoms with Crippen LogP contribution in [-0.2, 0) is 0 Å². The van der Waals surface area contributed by atoms with Gasteiger partial charge >= 0.3 is 0 Å². The van der Waals surface area contributed by atoms with E-state index in [1.807, 2.05) is 12.1 Å². The zero-order valence-corrected chi connectivity index (χ0v) is 12.9. The Balaban J connectivity index is 2.02. The van der Waals surface area contributed by atoms with Gasteiger partial charge < -0.3 is 15.4 Å². The number of hydrogen-bond donors (Lipinski definition) is 1. The van der Waals surface area contributed by atoms with Gasteiger partial charge in [0.15, 0.2) is 0 Å².